The van der Waals surface area contributed by atoms with Crippen LogP contribution in [0.2, 0.25) is 0 Å². The van der Waals surface area contributed by atoms with Gasteiger partial charge in [0.15, 0.2) is 0 Å². The first-order chi connectivity index (χ1) is 7.65. The molecule has 0 saturated carbocycles. The van der Waals surface area contributed by atoms with E-state index in [1.165, 1.54) is 12.8 Å². The van der Waals surface area contributed by atoms with Crippen molar-refractivity contribution in [2.45, 2.75) is 39.7 Å². The molecule has 1 unspecified atom stereocenters. The van der Waals surface area contributed by atoms with E-state index in [-0.39, 0.29) is 6.04 Å². The number of ether oxygens (including phenoxy) is 1. The lowest BCUT2D eigenvalue weighted by atomic mass is 10.1. The van der Waals surface area contributed by atoms with E-state index in [4.69, 9.17) is 10.5 Å². The molecule has 16 heavy (non-hydrogen) atoms. The molecule has 1 aromatic rings. The Balaban J connectivity index is 2.59. The van der Waals surface area contributed by atoms with Crippen LogP contribution in [0.15, 0.2) is 18.3 Å². The first-order valence-corrected chi connectivity index (χ1v) is 5.98. The summed E-state index contributed by atoms with van der Waals surface area (Å²) in [5, 5.41) is 0. The Morgan fingerprint density at radius 2 is 2.19 bits per heavy atom. The molecule has 0 bridgehead atoms. The van der Waals surface area contributed by atoms with E-state index < -0.39 is 0 Å². The van der Waals surface area contributed by atoms with Gasteiger partial charge in [-0.25, -0.2) is 4.98 Å². The summed E-state index contributed by atoms with van der Waals surface area (Å²) in [6.45, 7) is 7.03. The van der Waals surface area contributed by atoms with Gasteiger partial charge in [-0.2, -0.15) is 0 Å². The second kappa shape index (κ2) is 6.48. The molecule has 3 nitrogen and oxygen atoms in total. The Morgan fingerprint density at radius 3 is 2.81 bits per heavy atom. The second-order valence-electron chi connectivity index (χ2n) is 4.39. The fourth-order valence-corrected chi connectivity index (χ4v) is 1.67. The smallest absolute Gasteiger partial charge is 0.218 e. The van der Waals surface area contributed by atoms with E-state index in [2.05, 4.69) is 18.8 Å². The fourth-order valence-electron chi connectivity index (χ4n) is 1.67. The molecule has 2 N–H and O–H groups in total. The average Bonchev–Trinajstić information content (AvgIpc) is 2.27. The predicted octanol–water partition coefficient (Wildman–Crippen LogP) is 2.92. The van der Waals surface area contributed by atoms with Crippen LogP contribution >= 0.6 is 0 Å². The third-order valence-electron chi connectivity index (χ3n) is 2.58. The monoisotopic (exact) mass is 222 g/mol. The largest absolute Gasteiger partial charge is 0.477 e. The predicted molar refractivity (Wildman–Crippen MR) is 66.4 cm³/mol. The molecule has 0 fully saturated rings. The van der Waals surface area contributed by atoms with Crippen molar-refractivity contribution in [2.75, 3.05) is 6.61 Å². The highest BCUT2D eigenvalue weighted by atomic mass is 16.5. The maximum atomic E-state index is 5.86. The van der Waals surface area contributed by atoms with Crippen molar-refractivity contribution in [3.8, 4) is 5.88 Å². The van der Waals surface area contributed by atoms with E-state index in [1.54, 1.807) is 6.20 Å². The van der Waals surface area contributed by atoms with Crippen molar-refractivity contribution in [3.63, 3.8) is 0 Å². The molecule has 0 aliphatic rings. The molecule has 1 heterocycles. The fraction of sp³-hybridized carbons (Fsp3) is 0.615. The summed E-state index contributed by atoms with van der Waals surface area (Å²) in [7, 11) is 0. The molecule has 90 valence electrons. The lowest BCUT2D eigenvalue weighted by Crippen LogP contribution is -2.13. The molecule has 0 aliphatic carbocycles. The third-order valence-corrected chi connectivity index (χ3v) is 2.58. The van der Waals surface area contributed by atoms with Crippen molar-refractivity contribution in [1.82, 2.24) is 4.98 Å². The minimum atomic E-state index is -0.0369. The minimum Gasteiger partial charge on any atom is -0.477 e. The molecule has 0 saturated heterocycles. The molecule has 2 atom stereocenters. The van der Waals surface area contributed by atoms with E-state index in [1.807, 2.05) is 19.1 Å². The molecule has 0 amide bonds. The zero-order valence-corrected chi connectivity index (χ0v) is 10.4. The van der Waals surface area contributed by atoms with Gasteiger partial charge in [0.2, 0.25) is 5.88 Å². The SMILES string of the molecule is CCCC(C)COc1ncccc1[C@H](C)N. The van der Waals surface area contributed by atoms with Crippen LogP contribution in [0.25, 0.3) is 0 Å². The average molecular weight is 222 g/mol. The highest BCUT2D eigenvalue weighted by Crippen LogP contribution is 2.21. The van der Waals surface area contributed by atoms with Crippen LogP contribution in [0.4, 0.5) is 0 Å². The zero-order valence-electron chi connectivity index (χ0n) is 10.4. The van der Waals surface area contributed by atoms with Gasteiger partial charge in [-0.1, -0.05) is 26.3 Å². The van der Waals surface area contributed by atoms with E-state index >= 15 is 0 Å². The normalized spacial score (nSPS) is 14.5. The Morgan fingerprint density at radius 1 is 1.44 bits per heavy atom. The summed E-state index contributed by atoms with van der Waals surface area (Å²) < 4.78 is 5.72. The van der Waals surface area contributed by atoms with E-state index in [0.717, 1.165) is 5.56 Å². The van der Waals surface area contributed by atoms with Gasteiger partial charge in [0.1, 0.15) is 0 Å². The maximum absolute atomic E-state index is 5.86. The number of pyridine rings is 1. The third kappa shape index (κ3) is 3.81. The lowest BCUT2D eigenvalue weighted by Gasteiger charge is -2.15. The summed E-state index contributed by atoms with van der Waals surface area (Å²) in [5.74, 6) is 1.24. The molecule has 0 aliphatic heterocycles. The molecule has 1 rings (SSSR count). The van der Waals surface area contributed by atoms with Crippen molar-refractivity contribution in [1.29, 1.82) is 0 Å². The number of aromatic nitrogens is 1. The van der Waals surface area contributed by atoms with Gasteiger partial charge in [0.25, 0.3) is 0 Å². The first-order valence-electron chi connectivity index (χ1n) is 5.98. The van der Waals surface area contributed by atoms with E-state index in [9.17, 15) is 0 Å². The van der Waals surface area contributed by atoms with Crippen molar-refractivity contribution < 1.29 is 4.74 Å². The summed E-state index contributed by atoms with van der Waals surface area (Å²) in [6.07, 6.45) is 4.11. The van der Waals surface area contributed by atoms with E-state index in [0.29, 0.717) is 18.4 Å². The van der Waals surface area contributed by atoms with Crippen LogP contribution in [0.5, 0.6) is 5.88 Å². The highest BCUT2D eigenvalue weighted by molar-refractivity contribution is 5.28. The summed E-state index contributed by atoms with van der Waals surface area (Å²) >= 11 is 0. The van der Waals surface area contributed by atoms with Gasteiger partial charge in [-0.3, -0.25) is 0 Å². The molecule has 0 aromatic carbocycles. The van der Waals surface area contributed by atoms with Crippen molar-refractivity contribution in [2.24, 2.45) is 11.7 Å². The van der Waals surface area contributed by atoms with Crippen LogP contribution in [0.1, 0.15) is 45.2 Å². The second-order valence-corrected chi connectivity index (χ2v) is 4.39. The van der Waals surface area contributed by atoms with Crippen LogP contribution in [0, 0.1) is 5.92 Å². The van der Waals surface area contributed by atoms with Crippen LogP contribution in [0.3, 0.4) is 0 Å². The van der Waals surface area contributed by atoms with Crippen LogP contribution < -0.4 is 10.5 Å². The zero-order chi connectivity index (χ0) is 12.0. The maximum Gasteiger partial charge on any atom is 0.218 e. The Labute approximate surface area is 98.0 Å². The molecule has 3 heteroatoms. The van der Waals surface area contributed by atoms with Crippen molar-refractivity contribution >= 4 is 0 Å². The number of hydrogen-bond donors (Lipinski definition) is 1. The summed E-state index contributed by atoms with van der Waals surface area (Å²) in [6, 6.07) is 3.82. The standard InChI is InChI=1S/C13H22N2O/c1-4-6-10(2)9-16-13-12(11(3)14)7-5-8-15-13/h5,7-8,10-11H,4,6,9,14H2,1-3H3/t10?,11-/m0/s1. The summed E-state index contributed by atoms with van der Waals surface area (Å²) in [5.41, 5.74) is 6.84. The highest BCUT2D eigenvalue weighted by Gasteiger charge is 2.10. The number of rotatable bonds is 6. The van der Waals surface area contributed by atoms with Gasteiger partial charge in [0.05, 0.1) is 6.61 Å². The number of hydrogen-bond acceptors (Lipinski definition) is 3. The molecule has 0 spiro atoms. The first kappa shape index (κ1) is 13.0. The Kier molecular flexibility index (Phi) is 5.26. The molecule has 0 radical (unpaired) electrons. The topological polar surface area (TPSA) is 48.1 Å². The molecule has 1 aromatic heterocycles. The minimum absolute atomic E-state index is 0.0369. The van der Waals surface area contributed by atoms with Gasteiger partial charge in [0, 0.05) is 17.8 Å². The van der Waals surface area contributed by atoms with Gasteiger partial charge < -0.3 is 10.5 Å². The van der Waals surface area contributed by atoms with Gasteiger partial charge >= 0.3 is 0 Å². The number of nitrogens with zero attached hydrogens (tertiary/aromatic N) is 1. The van der Waals surface area contributed by atoms with Gasteiger partial charge in [-0.15, -0.1) is 0 Å². The lowest BCUT2D eigenvalue weighted by molar-refractivity contribution is 0.240. The number of nitrogens with two attached hydrogens (primary N) is 1. The Bertz CT molecular complexity index is 313. The molecular formula is C13H22N2O. The van der Waals surface area contributed by atoms with Crippen LogP contribution in [-0.2, 0) is 0 Å². The molecular weight excluding hydrogens is 200 g/mol. The summed E-state index contributed by atoms with van der Waals surface area (Å²) in [4.78, 5) is 4.23. The van der Waals surface area contributed by atoms with Crippen LogP contribution in [-0.4, -0.2) is 11.6 Å². The quantitative estimate of drug-likeness (QED) is 0.805. The van der Waals surface area contributed by atoms with Crippen molar-refractivity contribution in [3.05, 3.63) is 23.9 Å². The Hall–Kier alpha value is -1.09. The van der Waals surface area contributed by atoms with Gasteiger partial charge in [-0.05, 0) is 25.3 Å².